The number of nitrogens with one attached hydrogen (secondary N) is 2. The normalized spacial score (nSPS) is 11.7. The molecule has 0 bridgehead atoms. The minimum Gasteiger partial charge on any atom is -0.309 e. The van der Waals surface area contributed by atoms with Crippen molar-refractivity contribution < 1.29 is 13.6 Å². The van der Waals surface area contributed by atoms with E-state index in [1.807, 2.05) is 42.5 Å². The maximum atomic E-state index is 13.1. The van der Waals surface area contributed by atoms with Gasteiger partial charge in [0.2, 0.25) is 5.91 Å². The molecule has 0 unspecified atom stereocenters. The van der Waals surface area contributed by atoms with Gasteiger partial charge in [0.15, 0.2) is 0 Å². The van der Waals surface area contributed by atoms with Crippen molar-refractivity contribution in [2.75, 3.05) is 11.9 Å². The number of amides is 1. The van der Waals surface area contributed by atoms with E-state index in [1.165, 1.54) is 18.6 Å². The molecule has 0 radical (unpaired) electrons. The van der Waals surface area contributed by atoms with Crippen molar-refractivity contribution in [2.45, 2.75) is 19.0 Å². The first-order chi connectivity index (χ1) is 17.0. The number of nitrogens with zero attached hydrogens (tertiary/aromatic N) is 4. The number of anilines is 1. The number of aromatic nitrogens is 3. The van der Waals surface area contributed by atoms with Crippen LogP contribution >= 0.6 is 0 Å². The molecule has 2 aromatic carbocycles. The molecule has 4 aromatic rings. The van der Waals surface area contributed by atoms with Crippen LogP contribution < -0.4 is 10.6 Å². The Morgan fingerprint density at radius 2 is 1.77 bits per heavy atom. The van der Waals surface area contributed by atoms with E-state index in [1.54, 1.807) is 24.3 Å². The van der Waals surface area contributed by atoms with Crippen molar-refractivity contribution in [1.29, 1.82) is 5.26 Å². The van der Waals surface area contributed by atoms with Gasteiger partial charge in [0.1, 0.15) is 11.9 Å². The fourth-order valence-electron chi connectivity index (χ4n) is 3.55. The highest BCUT2D eigenvalue weighted by Gasteiger charge is 2.20. The largest absolute Gasteiger partial charge is 0.333 e. The van der Waals surface area contributed by atoms with Crippen molar-refractivity contribution in [1.82, 2.24) is 20.1 Å². The lowest BCUT2D eigenvalue weighted by Crippen LogP contribution is -2.34. The third-order valence-electron chi connectivity index (χ3n) is 5.39. The van der Waals surface area contributed by atoms with E-state index in [9.17, 15) is 13.6 Å². The van der Waals surface area contributed by atoms with Crippen LogP contribution in [-0.4, -0.2) is 27.2 Å². The Morgan fingerprint density at radius 1 is 1.00 bits per heavy atom. The number of carbonyl (C=O) groups excluding carboxylic acids is 1. The van der Waals surface area contributed by atoms with Crippen molar-refractivity contribution >= 4 is 11.7 Å². The first kappa shape index (κ1) is 23.7. The van der Waals surface area contributed by atoms with Gasteiger partial charge in [0.25, 0.3) is 0 Å². The van der Waals surface area contributed by atoms with E-state index in [-0.39, 0.29) is 5.91 Å². The van der Waals surface area contributed by atoms with Gasteiger partial charge in [-0.05, 0) is 41.8 Å². The standard InChI is InChI=1S/C26H22F2N6O/c27-26(28)34-17-22(16-32-34)21-10-11-23(31-15-21)33-25(35)24(20-4-2-1-3-5-20)30-13-12-18-6-8-19(14-29)9-7-18/h1-11,15-17,24,26,30H,12-13H2,(H,31,33,35)/t24-/m0/s1. The number of carbonyl (C=O) groups is 1. The second-order valence-electron chi connectivity index (χ2n) is 7.76. The highest BCUT2D eigenvalue weighted by molar-refractivity contribution is 5.94. The number of hydrogen-bond donors (Lipinski definition) is 2. The van der Waals surface area contributed by atoms with Gasteiger partial charge >= 0.3 is 6.55 Å². The van der Waals surface area contributed by atoms with Gasteiger partial charge in [0, 0.05) is 30.1 Å². The van der Waals surface area contributed by atoms with Crippen LogP contribution in [0.1, 0.15) is 29.3 Å². The summed E-state index contributed by atoms with van der Waals surface area (Å²) in [5, 5.41) is 18.7. The number of nitriles is 1. The smallest absolute Gasteiger partial charge is 0.309 e. The van der Waals surface area contributed by atoms with Crippen molar-refractivity contribution in [3.8, 4) is 17.2 Å². The quantitative estimate of drug-likeness (QED) is 0.367. The molecular formula is C26H22F2N6O. The Kier molecular flexibility index (Phi) is 7.55. The summed E-state index contributed by atoms with van der Waals surface area (Å²) in [6, 6.07) is 21.5. The summed E-state index contributed by atoms with van der Waals surface area (Å²) in [7, 11) is 0. The maximum absolute atomic E-state index is 13.1. The van der Waals surface area contributed by atoms with Crippen LogP contribution in [0.4, 0.5) is 14.6 Å². The third kappa shape index (κ3) is 6.13. The second-order valence-corrected chi connectivity index (χ2v) is 7.76. The zero-order valence-corrected chi connectivity index (χ0v) is 18.6. The van der Waals surface area contributed by atoms with Crippen LogP contribution in [0.5, 0.6) is 0 Å². The minimum atomic E-state index is -2.71. The number of halogens is 2. The first-order valence-electron chi connectivity index (χ1n) is 10.9. The predicted molar refractivity (Wildman–Crippen MR) is 127 cm³/mol. The monoisotopic (exact) mass is 472 g/mol. The summed E-state index contributed by atoms with van der Waals surface area (Å²) in [6.07, 6.45) is 4.76. The number of alkyl halides is 2. The lowest BCUT2D eigenvalue weighted by Gasteiger charge is -2.19. The Hall–Kier alpha value is -4.42. The summed E-state index contributed by atoms with van der Waals surface area (Å²) < 4.78 is 26.1. The molecule has 0 aliphatic heterocycles. The number of benzene rings is 2. The summed E-state index contributed by atoms with van der Waals surface area (Å²) in [4.78, 5) is 17.4. The molecular weight excluding hydrogens is 450 g/mol. The average Bonchev–Trinajstić information content (AvgIpc) is 3.39. The zero-order chi connectivity index (χ0) is 24.6. The maximum Gasteiger partial charge on any atom is 0.333 e. The average molecular weight is 472 g/mol. The van der Waals surface area contributed by atoms with Gasteiger partial charge in [-0.3, -0.25) is 4.79 Å². The third-order valence-corrected chi connectivity index (χ3v) is 5.39. The molecule has 0 spiro atoms. The summed E-state index contributed by atoms with van der Waals surface area (Å²) in [5.74, 6) is 0.0663. The van der Waals surface area contributed by atoms with Crippen LogP contribution in [-0.2, 0) is 11.2 Å². The molecule has 4 rings (SSSR count). The highest BCUT2D eigenvalue weighted by Crippen LogP contribution is 2.22. The van der Waals surface area contributed by atoms with Crippen LogP contribution in [0.2, 0.25) is 0 Å². The highest BCUT2D eigenvalue weighted by atomic mass is 19.3. The fourth-order valence-corrected chi connectivity index (χ4v) is 3.55. The molecule has 2 N–H and O–H groups in total. The van der Waals surface area contributed by atoms with Crippen LogP contribution in [0.3, 0.4) is 0 Å². The van der Waals surface area contributed by atoms with Gasteiger partial charge in [-0.1, -0.05) is 42.5 Å². The van der Waals surface area contributed by atoms with Crippen molar-refractivity contribution in [2.24, 2.45) is 0 Å². The lowest BCUT2D eigenvalue weighted by molar-refractivity contribution is -0.118. The van der Waals surface area contributed by atoms with Crippen molar-refractivity contribution in [3.05, 3.63) is 102 Å². The molecule has 1 amide bonds. The Labute approximate surface area is 201 Å². The van der Waals surface area contributed by atoms with Crippen LogP contribution in [0, 0.1) is 11.3 Å². The van der Waals surface area contributed by atoms with Crippen molar-refractivity contribution in [3.63, 3.8) is 0 Å². The molecule has 2 heterocycles. The zero-order valence-electron chi connectivity index (χ0n) is 18.6. The molecule has 176 valence electrons. The molecule has 2 aromatic heterocycles. The number of hydrogen-bond acceptors (Lipinski definition) is 5. The van der Waals surface area contributed by atoms with Crippen LogP contribution in [0.15, 0.2) is 85.3 Å². The Morgan fingerprint density at radius 3 is 2.40 bits per heavy atom. The van der Waals surface area contributed by atoms with E-state index < -0.39 is 12.6 Å². The topological polar surface area (TPSA) is 95.6 Å². The molecule has 0 saturated carbocycles. The molecule has 35 heavy (non-hydrogen) atoms. The van der Waals surface area contributed by atoms with Gasteiger partial charge in [-0.15, -0.1) is 0 Å². The Balaban J connectivity index is 1.42. The molecule has 0 fully saturated rings. The SMILES string of the molecule is N#Cc1ccc(CCN[C@H](C(=O)Nc2ccc(-c3cnn(C(F)F)c3)cn2)c2ccccc2)cc1. The minimum absolute atomic E-state index is 0.276. The van der Waals surface area contributed by atoms with E-state index >= 15 is 0 Å². The number of rotatable bonds is 9. The van der Waals surface area contributed by atoms with Gasteiger partial charge in [0.05, 0.1) is 17.8 Å². The summed E-state index contributed by atoms with van der Waals surface area (Å²) in [5.41, 5.74) is 3.57. The molecule has 0 aliphatic carbocycles. The fraction of sp³-hybridized carbons (Fsp3) is 0.154. The van der Waals surface area contributed by atoms with Gasteiger partial charge in [-0.25, -0.2) is 9.67 Å². The molecule has 1 atom stereocenters. The number of pyridine rings is 1. The summed E-state index contributed by atoms with van der Waals surface area (Å²) >= 11 is 0. The van der Waals surface area contributed by atoms with E-state index in [2.05, 4.69) is 26.8 Å². The summed E-state index contributed by atoms with van der Waals surface area (Å²) in [6.45, 7) is -2.17. The van der Waals surface area contributed by atoms with Crippen LogP contribution in [0.25, 0.3) is 11.1 Å². The van der Waals surface area contributed by atoms with E-state index in [0.717, 1.165) is 11.1 Å². The van der Waals surface area contributed by atoms with E-state index in [0.29, 0.717) is 40.2 Å². The molecule has 0 aliphatic rings. The molecule has 0 saturated heterocycles. The Bertz CT molecular complexity index is 1300. The predicted octanol–water partition coefficient (Wildman–Crippen LogP) is 4.72. The lowest BCUT2D eigenvalue weighted by atomic mass is 10.0. The van der Waals surface area contributed by atoms with Gasteiger partial charge < -0.3 is 10.6 Å². The van der Waals surface area contributed by atoms with E-state index in [4.69, 9.17) is 5.26 Å². The molecule has 9 heteroatoms. The first-order valence-corrected chi connectivity index (χ1v) is 10.9. The second kappa shape index (κ2) is 11.1. The molecule has 7 nitrogen and oxygen atoms in total. The van der Waals surface area contributed by atoms with Gasteiger partial charge in [-0.2, -0.15) is 19.1 Å².